The van der Waals surface area contributed by atoms with Crippen LogP contribution in [0, 0.1) is 30.2 Å². The molecule has 0 spiro atoms. The van der Waals surface area contributed by atoms with E-state index in [0.717, 1.165) is 70.7 Å². The third-order valence-electron chi connectivity index (χ3n) is 24.5. The molecular weight excluding hydrogens is 2000 g/mol. The Hall–Kier alpha value is -18.1. The van der Waals surface area contributed by atoms with Crippen molar-refractivity contribution in [1.29, 1.82) is 0 Å². The summed E-state index contributed by atoms with van der Waals surface area (Å²) >= 11 is 5.31. The molecule has 0 saturated heterocycles. The predicted molar refractivity (Wildman–Crippen MR) is 526 cm³/mol. The largest absolute Gasteiger partial charge is 0.508 e. The van der Waals surface area contributed by atoms with Gasteiger partial charge in [-0.3, -0.25) is 81.5 Å². The van der Waals surface area contributed by atoms with Crippen LogP contribution in [0.3, 0.4) is 0 Å². The minimum Gasteiger partial charge on any atom is -0.508 e. The van der Waals surface area contributed by atoms with E-state index in [9.17, 15) is 109 Å². The van der Waals surface area contributed by atoms with Crippen LogP contribution in [0.25, 0.3) is 17.2 Å². The van der Waals surface area contributed by atoms with Crippen molar-refractivity contribution in [3.8, 4) is 22.6 Å². The number of aromatic hydroxyl groups is 1. The highest BCUT2D eigenvalue weighted by molar-refractivity contribution is 9.08. The molecule has 7 aromatic heterocycles. The number of hydrogen-bond donors (Lipinski definition) is 2. The van der Waals surface area contributed by atoms with Gasteiger partial charge in [0, 0.05) is 130 Å². The van der Waals surface area contributed by atoms with E-state index < -0.39 is 64.1 Å². The first-order chi connectivity index (χ1) is 70.5. The lowest BCUT2D eigenvalue weighted by molar-refractivity contribution is 0.0945. The third kappa shape index (κ3) is 18.1. The van der Waals surface area contributed by atoms with Crippen molar-refractivity contribution in [3.05, 3.63) is 495 Å². The van der Waals surface area contributed by atoms with Crippen molar-refractivity contribution in [3.63, 3.8) is 0 Å². The molecule has 0 fully saturated rings. The highest BCUT2D eigenvalue weighted by atomic mass is 79.9. The van der Waals surface area contributed by atoms with Crippen LogP contribution in [0.15, 0.2) is 283 Å². The number of methoxy groups -OCH3 is 1. The fraction of sp³-hybridized carbons (Fsp3) is 0.0696. The molecule has 0 bridgehead atoms. The number of halogens is 5. The Morgan fingerprint density at radius 2 is 0.741 bits per heavy atom. The number of aliphatic hydroxyl groups excluding tert-OH is 1. The SMILES string of the molecule is C=Cc1cc2c(o1)C(=O)c1cc(F)ccc1C2=O.CC(=O)c1oc2c(c1CBr)C(=O)c1ccc(F)cc1C2=O.CC(O)c1cc2c(o1)C(=O)c1cc(F)ccc1C2=O.CCc1cc2c(o1)C(=O)c1cc(F)ccc1C2=O.COc1ccc(C(=O)c2cc3c(s2)C(=O)c2ccccc2C3=O)cc1.Cc1oc2c(c1-c1ccccc1)C(=O)c1ccccc1C2=O.O=C(c1ccc(O)cc1)c1cc2c(s1)C(=O)c1ccccc1C2=O. The fourth-order valence-electron chi connectivity index (χ4n) is 17.3. The van der Waals surface area contributed by atoms with Gasteiger partial charge in [0.2, 0.25) is 52.0 Å². The molecule has 7 aliphatic carbocycles. The maximum Gasteiger partial charge on any atom is 0.229 e. The summed E-state index contributed by atoms with van der Waals surface area (Å²) in [7, 11) is 1.55. The van der Waals surface area contributed by atoms with E-state index in [4.69, 9.17) is 26.8 Å². The summed E-state index contributed by atoms with van der Waals surface area (Å²) in [5, 5.41) is 18.9. The van der Waals surface area contributed by atoms with E-state index in [0.29, 0.717) is 116 Å². The number of aliphatic hydroxyl groups is 1. The summed E-state index contributed by atoms with van der Waals surface area (Å²) in [5.74, 6) is -5.81. The average molecular weight is 2070 g/mol. The van der Waals surface area contributed by atoms with E-state index in [1.807, 2.05) is 37.3 Å². The van der Waals surface area contributed by atoms with Crippen molar-refractivity contribution in [2.45, 2.75) is 45.5 Å². The number of fused-ring (bicyclic) bond motifs is 14. The topological polar surface area (TPSA) is 406 Å². The first-order valence-corrected chi connectivity index (χ1v) is 47.3. The second kappa shape index (κ2) is 40.0. The fourth-order valence-corrected chi connectivity index (χ4v) is 20.0. The van der Waals surface area contributed by atoms with Gasteiger partial charge in [-0.1, -0.05) is 133 Å². The lowest BCUT2D eigenvalue weighted by atomic mass is 9.85. The summed E-state index contributed by atoms with van der Waals surface area (Å²) in [6.07, 6.45) is 1.08. The highest BCUT2D eigenvalue weighted by Gasteiger charge is 2.43. The number of rotatable bonds is 11. The minimum absolute atomic E-state index is 0.0102. The molecule has 147 heavy (non-hydrogen) atoms. The van der Waals surface area contributed by atoms with Crippen LogP contribution in [-0.4, -0.2) is 116 Å². The molecule has 10 aromatic carbocycles. The van der Waals surface area contributed by atoms with Gasteiger partial charge in [0.05, 0.1) is 54.4 Å². The normalized spacial score (nSPS) is 13.2. The van der Waals surface area contributed by atoms with E-state index in [1.165, 1.54) is 98.8 Å². The number of ether oxygens (including phenoxy) is 1. The van der Waals surface area contributed by atoms with Crippen molar-refractivity contribution < 1.29 is 136 Å². The number of ketones is 17. The summed E-state index contributed by atoms with van der Waals surface area (Å²) in [6, 6.07) is 63.8. The van der Waals surface area contributed by atoms with Crippen LogP contribution in [0.4, 0.5) is 17.6 Å². The van der Waals surface area contributed by atoms with Gasteiger partial charge in [0.15, 0.2) is 80.8 Å². The van der Waals surface area contributed by atoms with Crippen molar-refractivity contribution in [2.75, 3.05) is 7.11 Å². The molecule has 32 heteroatoms. The van der Waals surface area contributed by atoms with Crippen LogP contribution in [0.1, 0.15) is 319 Å². The summed E-state index contributed by atoms with van der Waals surface area (Å²) < 4.78 is 84.6. The van der Waals surface area contributed by atoms with Crippen molar-refractivity contribution in [2.24, 2.45) is 0 Å². The standard InChI is InChI=1S/C20H12O4S.C19H10O4S.C19H12O3.C15H8BrFO4.C14H9FO4.C14H9FO3.C14H7FO3/c1-24-12-8-6-11(7-9-12)17(21)16-10-15-18(22)13-4-2-3-5-14(13)19(23)20(15)25-16;20-11-7-5-10(6-8-11)16(21)15-9-14-17(22)12-3-1-2-4-13(12)18(23)19(14)24-15;1-11-15(12-7-3-2-4-8-12)16-17(20)13-9-5-6-10-14(13)18(21)19(16)22-11;1-6(18)14-10(5-16)11-12(19)8-3-2-7(17)4-9(8)13(20)15(11)21-14;1-6(16)11-5-10-12(17)8-3-2-7(15)4-9(8)13(18)14(10)19-11;2*1-2-8-6-11-12(16)9-4-3-7(15)5-10(9)13(17)14(11)18-8/h2-10H,1H3;1-9,20H;2-10H,1H3;2-4H,5H2,1H3;2-6,16H,1H3;3-6H,2H2,1H3;2-6H,1H2. The van der Waals surface area contributed by atoms with Gasteiger partial charge < -0.3 is 37.0 Å². The number of Topliss-reactive ketones (excluding diaryl/α,β-unsaturated/α-hetero) is 1. The van der Waals surface area contributed by atoms with Gasteiger partial charge in [-0.05, 0) is 177 Å². The molecule has 1 atom stereocenters. The number of carbonyl (C=O) groups excluding carboxylic acids is 17. The van der Waals surface area contributed by atoms with Gasteiger partial charge in [-0.2, -0.15) is 0 Å². The maximum absolute atomic E-state index is 13.3. The van der Waals surface area contributed by atoms with Gasteiger partial charge in [0.25, 0.3) is 0 Å². The van der Waals surface area contributed by atoms with Crippen molar-refractivity contribution >= 4 is 143 Å². The number of hydrogen-bond acceptors (Lipinski definition) is 27. The molecule has 0 saturated carbocycles. The number of furan rings is 5. The van der Waals surface area contributed by atoms with E-state index in [2.05, 4.69) is 22.5 Å². The summed E-state index contributed by atoms with van der Waals surface area (Å²) in [4.78, 5) is 212. The first-order valence-electron chi connectivity index (χ1n) is 44.5. The molecule has 24 rings (SSSR count). The van der Waals surface area contributed by atoms with E-state index >= 15 is 0 Å². The number of aryl methyl sites for hydroxylation is 2. The number of benzene rings is 10. The molecule has 7 aliphatic rings. The van der Waals surface area contributed by atoms with Gasteiger partial charge in [-0.25, -0.2) is 17.6 Å². The van der Waals surface area contributed by atoms with Crippen LogP contribution in [0.2, 0.25) is 0 Å². The summed E-state index contributed by atoms with van der Waals surface area (Å²) in [6.45, 7) is 9.92. The zero-order valence-electron chi connectivity index (χ0n) is 77.0. The quantitative estimate of drug-likeness (QED) is 0.0690. The molecular formula is C115H67BrF4O25S2. The minimum atomic E-state index is -0.925. The smallest absolute Gasteiger partial charge is 0.229 e. The molecule has 2 N–H and O–H groups in total. The second-order valence-corrected chi connectivity index (χ2v) is 36.2. The molecule has 724 valence electrons. The Kier molecular flexibility index (Phi) is 27.0. The highest BCUT2D eigenvalue weighted by Crippen LogP contribution is 2.44. The Morgan fingerprint density at radius 3 is 1.17 bits per heavy atom. The average Bonchev–Trinajstić information content (AvgIpc) is 1.58. The number of carbonyl (C=O) groups is 17. The maximum atomic E-state index is 13.3. The zero-order chi connectivity index (χ0) is 104. The van der Waals surface area contributed by atoms with Crippen LogP contribution in [-0.2, 0) is 11.8 Å². The number of alkyl halides is 1. The van der Waals surface area contributed by atoms with Crippen LogP contribution >= 0.6 is 38.6 Å². The molecule has 0 radical (unpaired) electrons. The monoisotopic (exact) mass is 2070 g/mol. The lowest BCUT2D eigenvalue weighted by Crippen LogP contribution is -2.20. The predicted octanol–water partition coefficient (Wildman–Crippen LogP) is 22.4. The molecule has 17 aromatic rings. The second-order valence-electron chi connectivity index (χ2n) is 33.5. The third-order valence-corrected chi connectivity index (χ3v) is 27.3. The molecule has 1 unspecified atom stereocenters. The number of thiophene rings is 2. The van der Waals surface area contributed by atoms with Crippen molar-refractivity contribution in [1.82, 2.24) is 0 Å². The molecule has 0 amide bonds. The zero-order valence-corrected chi connectivity index (χ0v) is 80.2. The molecule has 7 heterocycles. The number of phenols is 1. The van der Waals surface area contributed by atoms with Crippen LogP contribution < -0.4 is 4.74 Å². The Labute approximate surface area is 844 Å². The van der Waals surface area contributed by atoms with Gasteiger partial charge in [0.1, 0.15) is 63.9 Å². The lowest BCUT2D eigenvalue weighted by Gasteiger charge is -2.13. The van der Waals surface area contributed by atoms with E-state index in [1.54, 1.807) is 117 Å². The van der Waals surface area contributed by atoms with Crippen LogP contribution in [0.5, 0.6) is 11.5 Å². The first kappa shape index (κ1) is 99.0. The Balaban J connectivity index is 0.000000113. The van der Waals surface area contributed by atoms with Gasteiger partial charge in [-0.15, -0.1) is 22.7 Å². The Morgan fingerprint density at radius 1 is 0.381 bits per heavy atom. The van der Waals surface area contributed by atoms with E-state index in [-0.39, 0.29) is 187 Å². The molecule has 25 nitrogen and oxygen atoms in total. The summed E-state index contributed by atoms with van der Waals surface area (Å²) in [5.41, 5.74) is 7.61. The van der Waals surface area contributed by atoms with Gasteiger partial charge >= 0.3 is 0 Å². The molecule has 0 aliphatic heterocycles. The number of phenolic OH excluding ortho intramolecular Hbond substituents is 1. The Bertz CT molecular complexity index is 8570.